The van der Waals surface area contributed by atoms with E-state index in [-0.39, 0.29) is 18.1 Å². The van der Waals surface area contributed by atoms with E-state index in [0.29, 0.717) is 13.1 Å². The van der Waals surface area contributed by atoms with E-state index in [2.05, 4.69) is 5.32 Å². The number of nitrogens with one attached hydrogen (secondary N) is 2. The zero-order valence-electron chi connectivity index (χ0n) is 12.2. The highest BCUT2D eigenvalue weighted by molar-refractivity contribution is 5.90. The monoisotopic (exact) mass is 269 g/mol. The van der Waals surface area contributed by atoms with Crippen LogP contribution in [0.3, 0.4) is 0 Å². The van der Waals surface area contributed by atoms with Crippen molar-refractivity contribution in [1.29, 1.82) is 5.41 Å². The maximum Gasteiger partial charge on any atom is 0.410 e. The molecule has 0 bridgehead atoms. The highest BCUT2D eigenvalue weighted by Crippen LogP contribution is 2.18. The first kappa shape index (κ1) is 15.3. The van der Waals surface area contributed by atoms with Crippen molar-refractivity contribution in [2.45, 2.75) is 39.4 Å². The number of hydrogen-bond acceptors (Lipinski definition) is 5. The van der Waals surface area contributed by atoms with Crippen LogP contribution in [0.5, 0.6) is 0 Å². The maximum atomic E-state index is 11.7. The van der Waals surface area contributed by atoms with Gasteiger partial charge in [0.2, 0.25) is 5.90 Å². The average molecular weight is 269 g/mol. The van der Waals surface area contributed by atoms with Gasteiger partial charge < -0.3 is 19.7 Å². The van der Waals surface area contributed by atoms with Crippen LogP contribution < -0.4 is 5.32 Å². The van der Waals surface area contributed by atoms with E-state index in [1.54, 1.807) is 25.1 Å². The second-order valence-corrected chi connectivity index (χ2v) is 5.57. The summed E-state index contributed by atoms with van der Waals surface area (Å²) in [6, 6.07) is 0. The van der Waals surface area contributed by atoms with Crippen molar-refractivity contribution in [2.75, 3.05) is 20.1 Å². The zero-order valence-corrected chi connectivity index (χ0v) is 12.2. The number of ether oxygens (including phenoxy) is 2. The van der Waals surface area contributed by atoms with Gasteiger partial charge in [0.1, 0.15) is 11.7 Å². The molecule has 0 aromatic carbocycles. The van der Waals surface area contributed by atoms with Crippen LogP contribution in [-0.4, -0.2) is 48.7 Å². The standard InChI is InChI=1S/C13H23N3O3/c1-9(6-15-5)11(14)18-10-7-16(8-10)12(17)19-13(2,3)4/h6,10,14-15H,7-8H2,1-5H3/b9-6+,14-11?. The first-order valence-electron chi connectivity index (χ1n) is 6.30. The van der Waals surface area contributed by atoms with E-state index in [9.17, 15) is 4.79 Å². The molecule has 108 valence electrons. The molecule has 0 spiro atoms. The van der Waals surface area contributed by atoms with Gasteiger partial charge >= 0.3 is 6.09 Å². The summed E-state index contributed by atoms with van der Waals surface area (Å²) in [5.41, 5.74) is 0.236. The van der Waals surface area contributed by atoms with Crippen molar-refractivity contribution in [3.63, 3.8) is 0 Å². The third-order valence-electron chi connectivity index (χ3n) is 2.50. The van der Waals surface area contributed by atoms with E-state index >= 15 is 0 Å². The highest BCUT2D eigenvalue weighted by Gasteiger charge is 2.35. The number of carbonyl (C=O) groups is 1. The van der Waals surface area contributed by atoms with Gasteiger partial charge in [-0.15, -0.1) is 0 Å². The Bertz CT molecular complexity index is 379. The van der Waals surface area contributed by atoms with Crippen LogP contribution in [0.15, 0.2) is 11.8 Å². The SMILES string of the molecule is CN/C=C(\C)C(=N)OC1CN(C(=O)OC(C)(C)C)C1. The summed E-state index contributed by atoms with van der Waals surface area (Å²) >= 11 is 0. The Morgan fingerprint density at radius 3 is 2.47 bits per heavy atom. The molecule has 6 nitrogen and oxygen atoms in total. The van der Waals surface area contributed by atoms with Gasteiger partial charge in [-0.1, -0.05) is 0 Å². The maximum absolute atomic E-state index is 11.7. The van der Waals surface area contributed by atoms with Gasteiger partial charge in [-0.25, -0.2) is 4.79 Å². The molecular formula is C13H23N3O3. The molecule has 1 aliphatic rings. The van der Waals surface area contributed by atoms with Gasteiger partial charge in [-0.2, -0.15) is 0 Å². The molecule has 1 amide bonds. The number of hydrogen-bond donors (Lipinski definition) is 2. The molecule has 2 N–H and O–H groups in total. The minimum absolute atomic E-state index is 0.125. The van der Waals surface area contributed by atoms with Crippen molar-refractivity contribution in [2.24, 2.45) is 0 Å². The third-order valence-corrected chi connectivity index (χ3v) is 2.50. The van der Waals surface area contributed by atoms with Gasteiger partial charge in [-0.05, 0) is 27.7 Å². The minimum atomic E-state index is -0.484. The zero-order chi connectivity index (χ0) is 14.6. The molecule has 1 rings (SSSR count). The smallest absolute Gasteiger partial charge is 0.410 e. The average Bonchev–Trinajstić information content (AvgIpc) is 2.19. The van der Waals surface area contributed by atoms with Crippen LogP contribution in [0.25, 0.3) is 0 Å². The fraction of sp³-hybridized carbons (Fsp3) is 0.692. The lowest BCUT2D eigenvalue weighted by atomic mass is 10.1. The van der Waals surface area contributed by atoms with Crippen molar-refractivity contribution in [1.82, 2.24) is 10.2 Å². The molecule has 0 saturated carbocycles. The Morgan fingerprint density at radius 1 is 1.42 bits per heavy atom. The van der Waals surface area contributed by atoms with Crippen molar-refractivity contribution < 1.29 is 14.3 Å². The molecule has 0 aromatic heterocycles. The topological polar surface area (TPSA) is 74.7 Å². The van der Waals surface area contributed by atoms with Gasteiger partial charge in [0, 0.05) is 18.8 Å². The molecule has 0 radical (unpaired) electrons. The van der Waals surface area contributed by atoms with Gasteiger partial charge in [0.25, 0.3) is 0 Å². The molecule has 1 heterocycles. The molecule has 0 aliphatic carbocycles. The van der Waals surface area contributed by atoms with E-state index in [4.69, 9.17) is 14.9 Å². The largest absolute Gasteiger partial charge is 0.471 e. The Hall–Kier alpha value is -1.72. The van der Waals surface area contributed by atoms with Crippen molar-refractivity contribution in [3.8, 4) is 0 Å². The van der Waals surface area contributed by atoms with Gasteiger partial charge in [-0.3, -0.25) is 5.41 Å². The van der Waals surface area contributed by atoms with Crippen molar-refractivity contribution in [3.05, 3.63) is 11.8 Å². The number of amides is 1. The van der Waals surface area contributed by atoms with Gasteiger partial charge in [0.15, 0.2) is 0 Å². The summed E-state index contributed by atoms with van der Waals surface area (Å²) in [5, 5.41) is 10.6. The highest BCUT2D eigenvalue weighted by atomic mass is 16.6. The van der Waals surface area contributed by atoms with E-state index in [1.807, 2.05) is 20.8 Å². The van der Waals surface area contributed by atoms with Crippen LogP contribution in [0.4, 0.5) is 4.79 Å². The van der Waals surface area contributed by atoms with Crippen LogP contribution in [0.1, 0.15) is 27.7 Å². The lowest BCUT2D eigenvalue weighted by Crippen LogP contribution is -2.56. The Kier molecular flexibility index (Phi) is 4.80. The predicted molar refractivity (Wildman–Crippen MR) is 73.2 cm³/mol. The summed E-state index contributed by atoms with van der Waals surface area (Å²) < 4.78 is 10.7. The van der Waals surface area contributed by atoms with Gasteiger partial charge in [0.05, 0.1) is 13.1 Å². The number of nitrogens with zero attached hydrogens (tertiary/aromatic N) is 1. The summed E-state index contributed by atoms with van der Waals surface area (Å²) in [4.78, 5) is 13.3. The second kappa shape index (κ2) is 5.95. The number of rotatable bonds is 3. The molecule has 19 heavy (non-hydrogen) atoms. The summed E-state index contributed by atoms with van der Waals surface area (Å²) in [6.07, 6.45) is 1.24. The molecule has 0 unspecified atom stereocenters. The predicted octanol–water partition coefficient (Wildman–Crippen LogP) is 1.72. The normalized spacial score (nSPS) is 16.7. The minimum Gasteiger partial charge on any atom is -0.471 e. The molecule has 1 aliphatic heterocycles. The summed E-state index contributed by atoms with van der Waals surface area (Å²) in [6.45, 7) is 8.22. The fourth-order valence-electron chi connectivity index (χ4n) is 1.53. The lowest BCUT2D eigenvalue weighted by molar-refractivity contribution is -0.0258. The molecule has 0 atom stereocenters. The quantitative estimate of drug-likeness (QED) is 0.604. The Morgan fingerprint density at radius 2 is 2.00 bits per heavy atom. The number of carbonyl (C=O) groups excluding carboxylic acids is 1. The fourth-order valence-corrected chi connectivity index (χ4v) is 1.53. The lowest BCUT2D eigenvalue weighted by Gasteiger charge is -2.39. The second-order valence-electron chi connectivity index (χ2n) is 5.57. The molecule has 0 aromatic rings. The first-order valence-corrected chi connectivity index (χ1v) is 6.30. The van der Waals surface area contributed by atoms with E-state index < -0.39 is 5.60 Å². The van der Waals surface area contributed by atoms with E-state index in [0.717, 1.165) is 5.57 Å². The molecule has 1 fully saturated rings. The van der Waals surface area contributed by atoms with Crippen LogP contribution in [0.2, 0.25) is 0 Å². The molecule has 6 heteroatoms. The summed E-state index contributed by atoms with van der Waals surface area (Å²) in [7, 11) is 1.77. The molecular weight excluding hydrogens is 246 g/mol. The van der Waals surface area contributed by atoms with E-state index in [1.165, 1.54) is 0 Å². The Labute approximate surface area is 114 Å². The van der Waals surface area contributed by atoms with Crippen molar-refractivity contribution >= 4 is 12.0 Å². The third kappa shape index (κ3) is 4.81. The van der Waals surface area contributed by atoms with Crippen LogP contribution in [-0.2, 0) is 9.47 Å². The van der Waals surface area contributed by atoms with Crippen LogP contribution >= 0.6 is 0 Å². The first-order chi connectivity index (χ1) is 8.73. The molecule has 1 saturated heterocycles. The van der Waals surface area contributed by atoms with Crippen LogP contribution in [0, 0.1) is 5.41 Å². The number of likely N-dealkylation sites (tertiary alicyclic amines) is 1. The summed E-state index contributed by atoms with van der Waals surface area (Å²) in [5.74, 6) is 0.128. The Balaban J connectivity index is 2.33.